The van der Waals surface area contributed by atoms with E-state index < -0.39 is 5.91 Å². The van der Waals surface area contributed by atoms with Gasteiger partial charge in [0.2, 0.25) is 5.75 Å². The van der Waals surface area contributed by atoms with Crippen LogP contribution in [0.1, 0.15) is 16.1 Å². The monoisotopic (exact) mass is 315 g/mol. The van der Waals surface area contributed by atoms with Crippen LogP contribution >= 0.6 is 0 Å². The van der Waals surface area contributed by atoms with Crippen molar-refractivity contribution in [3.8, 4) is 17.2 Å². The lowest BCUT2D eigenvalue weighted by atomic mass is 10.2. The van der Waals surface area contributed by atoms with Crippen molar-refractivity contribution in [2.24, 2.45) is 5.10 Å². The van der Waals surface area contributed by atoms with Crippen LogP contribution in [0.4, 0.5) is 0 Å². The zero-order chi connectivity index (χ0) is 16.7. The molecule has 1 heterocycles. The Balaban J connectivity index is 2.15. The number of hydrazone groups is 1. The summed E-state index contributed by atoms with van der Waals surface area (Å²) < 4.78 is 15.7. The summed E-state index contributed by atoms with van der Waals surface area (Å²) in [6.07, 6.45) is 3.02. The maximum Gasteiger partial charge on any atom is 0.289 e. The van der Waals surface area contributed by atoms with Crippen molar-refractivity contribution in [2.75, 3.05) is 21.3 Å². The number of benzene rings is 1. The van der Waals surface area contributed by atoms with Crippen LogP contribution in [0.3, 0.4) is 0 Å². The standard InChI is InChI=1S/C16H17N3O4/c1-21-13-8-11(9-14(22-2)15(13)23-3)10-18-19-16(20)12-6-4-5-7-17-12/h4-10H,1-3H3,(H,19,20)/b18-10+. The van der Waals surface area contributed by atoms with Gasteiger partial charge in [-0.15, -0.1) is 0 Å². The second-order valence-electron chi connectivity index (χ2n) is 4.37. The van der Waals surface area contributed by atoms with E-state index in [9.17, 15) is 4.79 Å². The molecule has 0 aliphatic heterocycles. The van der Waals surface area contributed by atoms with Gasteiger partial charge >= 0.3 is 0 Å². The highest BCUT2D eigenvalue weighted by molar-refractivity contribution is 5.93. The number of carbonyl (C=O) groups is 1. The van der Waals surface area contributed by atoms with Gasteiger partial charge in [-0.2, -0.15) is 5.10 Å². The Kier molecular flexibility index (Phi) is 5.51. The van der Waals surface area contributed by atoms with Gasteiger partial charge in [-0.1, -0.05) is 6.07 Å². The molecule has 7 heteroatoms. The van der Waals surface area contributed by atoms with Crippen molar-refractivity contribution in [3.05, 3.63) is 47.8 Å². The average Bonchev–Trinajstić information content (AvgIpc) is 2.61. The minimum absolute atomic E-state index is 0.287. The Morgan fingerprint density at radius 3 is 2.35 bits per heavy atom. The summed E-state index contributed by atoms with van der Waals surface area (Å²) >= 11 is 0. The minimum atomic E-state index is -0.394. The summed E-state index contributed by atoms with van der Waals surface area (Å²) in [7, 11) is 4.59. The molecule has 0 atom stereocenters. The molecular formula is C16H17N3O4. The molecule has 2 aromatic rings. The first-order valence-corrected chi connectivity index (χ1v) is 6.74. The topological polar surface area (TPSA) is 82.0 Å². The van der Waals surface area contributed by atoms with Crippen LogP contribution < -0.4 is 19.6 Å². The van der Waals surface area contributed by atoms with Crippen LogP contribution in [-0.2, 0) is 0 Å². The van der Waals surface area contributed by atoms with Gasteiger partial charge in [0, 0.05) is 11.8 Å². The molecular weight excluding hydrogens is 298 g/mol. The molecule has 0 fully saturated rings. The molecule has 1 aromatic heterocycles. The van der Waals surface area contributed by atoms with E-state index in [4.69, 9.17) is 14.2 Å². The van der Waals surface area contributed by atoms with E-state index in [1.54, 1.807) is 30.3 Å². The van der Waals surface area contributed by atoms with Crippen molar-refractivity contribution >= 4 is 12.1 Å². The number of methoxy groups -OCH3 is 3. The second-order valence-corrected chi connectivity index (χ2v) is 4.37. The first kappa shape index (κ1) is 16.3. The van der Waals surface area contributed by atoms with Crippen LogP contribution in [0.25, 0.3) is 0 Å². The maximum absolute atomic E-state index is 11.8. The molecule has 0 saturated heterocycles. The molecule has 0 aliphatic rings. The fraction of sp³-hybridized carbons (Fsp3) is 0.188. The SMILES string of the molecule is COc1cc(/C=N/NC(=O)c2ccccn2)cc(OC)c1OC. The van der Waals surface area contributed by atoms with Crippen molar-refractivity contribution in [1.82, 2.24) is 10.4 Å². The Morgan fingerprint density at radius 1 is 1.13 bits per heavy atom. The van der Waals surface area contributed by atoms with Gasteiger partial charge in [0.15, 0.2) is 11.5 Å². The second kappa shape index (κ2) is 7.79. The molecule has 1 N–H and O–H groups in total. The molecule has 1 aromatic carbocycles. The quantitative estimate of drug-likeness (QED) is 0.650. The summed E-state index contributed by atoms with van der Waals surface area (Å²) in [5.74, 6) is 1.10. The fourth-order valence-corrected chi connectivity index (χ4v) is 1.90. The average molecular weight is 315 g/mol. The van der Waals surface area contributed by atoms with Crippen LogP contribution in [0.2, 0.25) is 0 Å². The summed E-state index contributed by atoms with van der Waals surface area (Å²) in [5.41, 5.74) is 3.37. The van der Waals surface area contributed by atoms with Gasteiger partial charge < -0.3 is 14.2 Å². The van der Waals surface area contributed by atoms with Gasteiger partial charge in [0.05, 0.1) is 27.5 Å². The Bertz CT molecular complexity index is 677. The number of aromatic nitrogens is 1. The number of rotatable bonds is 6. The lowest BCUT2D eigenvalue weighted by Gasteiger charge is -2.12. The summed E-state index contributed by atoms with van der Waals surface area (Å²) in [4.78, 5) is 15.8. The Morgan fingerprint density at radius 2 is 1.83 bits per heavy atom. The Labute approximate surface area is 133 Å². The molecule has 7 nitrogen and oxygen atoms in total. The molecule has 0 saturated carbocycles. The van der Waals surface area contributed by atoms with Crippen molar-refractivity contribution in [1.29, 1.82) is 0 Å². The number of hydrogen-bond donors (Lipinski definition) is 1. The number of amides is 1. The van der Waals surface area contributed by atoms with E-state index in [0.29, 0.717) is 22.8 Å². The lowest BCUT2D eigenvalue weighted by molar-refractivity contribution is 0.0950. The molecule has 0 radical (unpaired) electrons. The van der Waals surface area contributed by atoms with E-state index >= 15 is 0 Å². The van der Waals surface area contributed by atoms with Crippen molar-refractivity contribution < 1.29 is 19.0 Å². The molecule has 0 spiro atoms. The number of pyridine rings is 1. The predicted molar refractivity (Wildman–Crippen MR) is 85.4 cm³/mol. The molecule has 0 aliphatic carbocycles. The zero-order valence-electron chi connectivity index (χ0n) is 13.1. The highest BCUT2D eigenvalue weighted by Gasteiger charge is 2.12. The van der Waals surface area contributed by atoms with Gasteiger partial charge in [0.25, 0.3) is 5.91 Å². The van der Waals surface area contributed by atoms with Gasteiger partial charge in [-0.25, -0.2) is 5.43 Å². The number of carbonyl (C=O) groups excluding carboxylic acids is 1. The third kappa shape index (κ3) is 3.97. The highest BCUT2D eigenvalue weighted by Crippen LogP contribution is 2.37. The molecule has 23 heavy (non-hydrogen) atoms. The number of hydrogen-bond acceptors (Lipinski definition) is 6. The summed E-state index contributed by atoms with van der Waals surface area (Å²) in [5, 5.41) is 3.91. The summed E-state index contributed by atoms with van der Waals surface area (Å²) in [6, 6.07) is 8.50. The number of nitrogens with one attached hydrogen (secondary N) is 1. The van der Waals surface area contributed by atoms with Crippen LogP contribution in [0.15, 0.2) is 41.6 Å². The predicted octanol–water partition coefficient (Wildman–Crippen LogP) is 1.87. The fourth-order valence-electron chi connectivity index (χ4n) is 1.90. The van der Waals surface area contributed by atoms with Crippen molar-refractivity contribution in [2.45, 2.75) is 0 Å². The molecule has 2 rings (SSSR count). The Hall–Kier alpha value is -3.09. The minimum Gasteiger partial charge on any atom is -0.493 e. The smallest absolute Gasteiger partial charge is 0.289 e. The van der Waals surface area contributed by atoms with Crippen LogP contribution in [0, 0.1) is 0 Å². The number of nitrogens with zero attached hydrogens (tertiary/aromatic N) is 2. The summed E-state index contributed by atoms with van der Waals surface area (Å²) in [6.45, 7) is 0. The van der Waals surface area contributed by atoms with Crippen LogP contribution in [0.5, 0.6) is 17.2 Å². The molecule has 120 valence electrons. The van der Waals surface area contributed by atoms with E-state index in [1.807, 2.05) is 0 Å². The number of ether oxygens (including phenoxy) is 3. The third-order valence-corrected chi connectivity index (χ3v) is 2.96. The largest absolute Gasteiger partial charge is 0.493 e. The zero-order valence-corrected chi connectivity index (χ0v) is 13.1. The van der Waals surface area contributed by atoms with Gasteiger partial charge in [0.1, 0.15) is 5.69 Å². The lowest BCUT2D eigenvalue weighted by Crippen LogP contribution is -2.18. The van der Waals surface area contributed by atoms with Gasteiger partial charge in [-0.3, -0.25) is 9.78 Å². The van der Waals surface area contributed by atoms with E-state index in [0.717, 1.165) is 0 Å². The first-order valence-electron chi connectivity index (χ1n) is 6.74. The molecule has 1 amide bonds. The van der Waals surface area contributed by atoms with Crippen LogP contribution in [-0.4, -0.2) is 38.4 Å². The van der Waals surface area contributed by atoms with Gasteiger partial charge in [-0.05, 0) is 24.3 Å². The normalized spacial score (nSPS) is 10.4. The molecule has 0 bridgehead atoms. The molecule has 0 unspecified atom stereocenters. The van der Waals surface area contributed by atoms with E-state index in [1.165, 1.54) is 33.7 Å². The highest BCUT2D eigenvalue weighted by atomic mass is 16.5. The third-order valence-electron chi connectivity index (χ3n) is 2.96. The van der Waals surface area contributed by atoms with Crippen molar-refractivity contribution in [3.63, 3.8) is 0 Å². The van der Waals surface area contributed by atoms with E-state index in [2.05, 4.69) is 15.5 Å². The maximum atomic E-state index is 11.8. The van der Waals surface area contributed by atoms with E-state index in [-0.39, 0.29) is 5.69 Å². The first-order chi connectivity index (χ1) is 11.2.